The Morgan fingerprint density at radius 3 is 2.19 bits per heavy atom. The minimum atomic E-state index is 0.338. The Hall–Kier alpha value is -1.80. The molecule has 0 bridgehead atoms. The monoisotopic (exact) mass is 282 g/mol. The van der Waals surface area contributed by atoms with Crippen molar-refractivity contribution in [2.24, 2.45) is 0 Å². The Bertz CT molecular complexity index is 582. The highest BCUT2D eigenvalue weighted by Crippen LogP contribution is 2.25. The van der Waals surface area contributed by atoms with Gasteiger partial charge in [-0.1, -0.05) is 30.3 Å². The third kappa shape index (κ3) is 3.64. The summed E-state index contributed by atoms with van der Waals surface area (Å²) in [6.07, 6.45) is 1.02. The predicted octanol–water partition coefficient (Wildman–Crippen LogP) is 3.87. The highest BCUT2D eigenvalue weighted by molar-refractivity contribution is 5.48. The molecule has 1 atom stereocenters. The van der Waals surface area contributed by atoms with Crippen molar-refractivity contribution >= 4 is 5.69 Å². The molecular formula is C19H26N2. The van der Waals surface area contributed by atoms with Crippen LogP contribution < -0.4 is 10.2 Å². The average Bonchev–Trinajstić information content (AvgIpc) is 2.47. The third-order valence-corrected chi connectivity index (χ3v) is 4.19. The minimum Gasteiger partial charge on any atom is -0.378 e. The van der Waals surface area contributed by atoms with E-state index in [2.05, 4.69) is 80.6 Å². The number of anilines is 1. The average molecular weight is 282 g/mol. The van der Waals surface area contributed by atoms with Gasteiger partial charge in [-0.15, -0.1) is 0 Å². The summed E-state index contributed by atoms with van der Waals surface area (Å²) in [7, 11) is 6.21. The van der Waals surface area contributed by atoms with Gasteiger partial charge in [-0.05, 0) is 61.7 Å². The predicted molar refractivity (Wildman–Crippen MR) is 92.2 cm³/mol. The lowest BCUT2D eigenvalue weighted by molar-refractivity contribution is 0.589. The van der Waals surface area contributed by atoms with Gasteiger partial charge in [-0.2, -0.15) is 0 Å². The molecule has 0 spiro atoms. The molecule has 1 unspecified atom stereocenters. The van der Waals surface area contributed by atoms with Crippen LogP contribution in [0, 0.1) is 13.8 Å². The van der Waals surface area contributed by atoms with Crippen molar-refractivity contribution in [2.75, 3.05) is 26.0 Å². The fourth-order valence-corrected chi connectivity index (χ4v) is 2.78. The van der Waals surface area contributed by atoms with Crippen molar-refractivity contribution in [3.05, 3.63) is 64.7 Å². The first-order chi connectivity index (χ1) is 10.0. The van der Waals surface area contributed by atoms with Gasteiger partial charge in [0.1, 0.15) is 0 Å². The Labute approximate surface area is 128 Å². The number of hydrogen-bond acceptors (Lipinski definition) is 2. The summed E-state index contributed by atoms with van der Waals surface area (Å²) >= 11 is 0. The van der Waals surface area contributed by atoms with Crippen molar-refractivity contribution in [3.8, 4) is 0 Å². The normalized spacial score (nSPS) is 12.2. The second-order valence-corrected chi connectivity index (χ2v) is 5.91. The summed E-state index contributed by atoms with van der Waals surface area (Å²) in [5, 5.41) is 3.47. The molecule has 0 radical (unpaired) electrons. The molecule has 0 saturated carbocycles. The van der Waals surface area contributed by atoms with Crippen LogP contribution in [-0.2, 0) is 6.42 Å². The molecule has 112 valence electrons. The summed E-state index contributed by atoms with van der Waals surface area (Å²) in [5.41, 5.74) is 6.78. The zero-order valence-electron chi connectivity index (χ0n) is 13.8. The number of nitrogens with one attached hydrogen (secondary N) is 1. The molecule has 21 heavy (non-hydrogen) atoms. The number of likely N-dealkylation sites (N-methyl/N-ethyl adjacent to an activating group) is 1. The number of aryl methyl sites for hydroxylation is 2. The van der Waals surface area contributed by atoms with E-state index in [9.17, 15) is 0 Å². The number of rotatable bonds is 5. The van der Waals surface area contributed by atoms with Crippen molar-refractivity contribution in [3.63, 3.8) is 0 Å². The smallest absolute Gasteiger partial charge is 0.0364 e. The van der Waals surface area contributed by atoms with Gasteiger partial charge >= 0.3 is 0 Å². The lowest BCUT2D eigenvalue weighted by Gasteiger charge is -2.21. The molecule has 2 rings (SSSR count). The topological polar surface area (TPSA) is 15.3 Å². The van der Waals surface area contributed by atoms with E-state index in [0.29, 0.717) is 6.04 Å². The van der Waals surface area contributed by atoms with Crippen LogP contribution in [-0.4, -0.2) is 21.1 Å². The molecule has 2 aromatic rings. The largest absolute Gasteiger partial charge is 0.378 e. The Morgan fingerprint density at radius 2 is 1.62 bits per heavy atom. The van der Waals surface area contributed by atoms with Gasteiger partial charge in [-0.25, -0.2) is 0 Å². The van der Waals surface area contributed by atoms with Gasteiger partial charge in [-0.3, -0.25) is 0 Å². The Balaban J connectivity index is 2.30. The van der Waals surface area contributed by atoms with E-state index >= 15 is 0 Å². The minimum absolute atomic E-state index is 0.338. The van der Waals surface area contributed by atoms with Crippen molar-refractivity contribution < 1.29 is 0 Å². The SMILES string of the molecule is CNC(Cc1c(C)cccc1C)c1cccc(N(C)C)c1. The molecule has 0 aliphatic carbocycles. The Morgan fingerprint density at radius 1 is 1.00 bits per heavy atom. The summed E-state index contributed by atoms with van der Waals surface area (Å²) in [6, 6.07) is 15.6. The third-order valence-electron chi connectivity index (χ3n) is 4.19. The summed E-state index contributed by atoms with van der Waals surface area (Å²) in [4.78, 5) is 2.15. The molecule has 2 aromatic carbocycles. The molecular weight excluding hydrogens is 256 g/mol. The zero-order chi connectivity index (χ0) is 15.4. The highest BCUT2D eigenvalue weighted by Gasteiger charge is 2.13. The fourth-order valence-electron chi connectivity index (χ4n) is 2.78. The molecule has 0 heterocycles. The standard InChI is InChI=1S/C19H26N2/c1-14-8-6-9-15(2)18(14)13-19(20-3)16-10-7-11-17(12-16)21(4)5/h6-12,19-20H,13H2,1-5H3. The van der Waals surface area contributed by atoms with Crippen LogP contribution in [0.25, 0.3) is 0 Å². The van der Waals surface area contributed by atoms with Crippen LogP contribution in [0.4, 0.5) is 5.69 Å². The molecule has 0 aliphatic rings. The molecule has 0 aromatic heterocycles. The summed E-state index contributed by atoms with van der Waals surface area (Å²) < 4.78 is 0. The van der Waals surface area contributed by atoms with E-state index in [1.54, 1.807) is 0 Å². The van der Waals surface area contributed by atoms with E-state index in [-0.39, 0.29) is 0 Å². The molecule has 2 nitrogen and oxygen atoms in total. The van der Waals surface area contributed by atoms with Gasteiger partial charge in [0.25, 0.3) is 0 Å². The van der Waals surface area contributed by atoms with Crippen molar-refractivity contribution in [1.29, 1.82) is 0 Å². The van der Waals surface area contributed by atoms with E-state index in [0.717, 1.165) is 6.42 Å². The summed E-state index contributed by atoms with van der Waals surface area (Å²) in [5.74, 6) is 0. The first-order valence-corrected chi connectivity index (χ1v) is 7.52. The van der Waals surface area contributed by atoms with Gasteiger partial charge in [0.15, 0.2) is 0 Å². The lowest BCUT2D eigenvalue weighted by Crippen LogP contribution is -2.20. The van der Waals surface area contributed by atoms with Gasteiger partial charge in [0, 0.05) is 25.8 Å². The lowest BCUT2D eigenvalue weighted by atomic mass is 9.93. The van der Waals surface area contributed by atoms with E-state index in [1.807, 2.05) is 7.05 Å². The maximum Gasteiger partial charge on any atom is 0.0364 e. The second kappa shape index (κ2) is 6.77. The van der Waals surface area contributed by atoms with Crippen molar-refractivity contribution in [1.82, 2.24) is 5.32 Å². The van der Waals surface area contributed by atoms with Crippen molar-refractivity contribution in [2.45, 2.75) is 26.3 Å². The van der Waals surface area contributed by atoms with Crippen LogP contribution in [0.3, 0.4) is 0 Å². The van der Waals surface area contributed by atoms with Crippen LogP contribution >= 0.6 is 0 Å². The maximum atomic E-state index is 3.47. The molecule has 0 amide bonds. The number of nitrogens with zero attached hydrogens (tertiary/aromatic N) is 1. The second-order valence-electron chi connectivity index (χ2n) is 5.91. The first kappa shape index (κ1) is 15.6. The molecule has 2 heteroatoms. The van der Waals surface area contributed by atoms with Crippen LogP contribution in [0.1, 0.15) is 28.3 Å². The molecule has 0 saturated heterocycles. The highest BCUT2D eigenvalue weighted by atomic mass is 15.1. The zero-order valence-corrected chi connectivity index (χ0v) is 13.8. The van der Waals surface area contributed by atoms with Gasteiger partial charge in [0.05, 0.1) is 0 Å². The molecule has 1 N–H and O–H groups in total. The van der Waals surface area contributed by atoms with Crippen LogP contribution in [0.5, 0.6) is 0 Å². The maximum absolute atomic E-state index is 3.47. The quantitative estimate of drug-likeness (QED) is 0.895. The fraction of sp³-hybridized carbons (Fsp3) is 0.368. The van der Waals surface area contributed by atoms with E-state index < -0.39 is 0 Å². The van der Waals surface area contributed by atoms with E-state index in [1.165, 1.54) is 27.9 Å². The summed E-state index contributed by atoms with van der Waals surface area (Å²) in [6.45, 7) is 4.40. The van der Waals surface area contributed by atoms with Gasteiger partial charge < -0.3 is 10.2 Å². The van der Waals surface area contributed by atoms with E-state index in [4.69, 9.17) is 0 Å². The molecule has 0 aliphatic heterocycles. The number of benzene rings is 2. The van der Waals surface area contributed by atoms with Crippen LogP contribution in [0.15, 0.2) is 42.5 Å². The number of hydrogen-bond donors (Lipinski definition) is 1. The Kier molecular flexibility index (Phi) is 5.03. The first-order valence-electron chi connectivity index (χ1n) is 7.52. The van der Waals surface area contributed by atoms with Gasteiger partial charge in [0.2, 0.25) is 0 Å². The van der Waals surface area contributed by atoms with Crippen LogP contribution in [0.2, 0.25) is 0 Å². The molecule has 0 fully saturated rings.